The number of carbonyl (C=O) groups excluding carboxylic acids is 3. The fourth-order valence-electron chi connectivity index (χ4n) is 8.82. The number of Topliss-reactive ketones (excluding diaryl/α,β-unsaturated/α-hetero) is 3. The number of hydrogen-bond donors (Lipinski definition) is 4. The van der Waals surface area contributed by atoms with Gasteiger partial charge in [-0.25, -0.2) is 0 Å². The van der Waals surface area contributed by atoms with Crippen molar-refractivity contribution in [1.29, 1.82) is 0 Å². The summed E-state index contributed by atoms with van der Waals surface area (Å²) >= 11 is 0. The van der Waals surface area contributed by atoms with Crippen molar-refractivity contribution in [2.45, 2.75) is 105 Å². The Morgan fingerprint density at radius 2 is 1.65 bits per heavy atom. The fourth-order valence-corrected chi connectivity index (χ4v) is 8.82. The second-order valence-corrected chi connectivity index (χ2v) is 14.3. The average Bonchev–Trinajstić information content (AvgIpc) is 2.96. The first-order valence-corrected chi connectivity index (χ1v) is 13.5. The van der Waals surface area contributed by atoms with Crippen LogP contribution in [0, 0.1) is 39.4 Å². The first-order valence-electron chi connectivity index (χ1n) is 13.5. The lowest BCUT2D eigenvalue weighted by atomic mass is 9.39. The molecule has 2 saturated carbocycles. The highest BCUT2D eigenvalue weighted by Gasteiger charge is 2.74. The summed E-state index contributed by atoms with van der Waals surface area (Å²) in [6, 6.07) is 0. The molecule has 4 aliphatic rings. The van der Waals surface area contributed by atoms with E-state index in [9.17, 15) is 34.8 Å². The Balaban J connectivity index is 1.79. The van der Waals surface area contributed by atoms with Crippen molar-refractivity contribution in [3.8, 4) is 0 Å². The molecule has 0 unspecified atom stereocenters. The van der Waals surface area contributed by atoms with Gasteiger partial charge in [-0.2, -0.15) is 0 Å². The predicted octanol–water partition coefficient (Wildman–Crippen LogP) is 3.84. The number of aliphatic hydroxyl groups is 4. The predicted molar refractivity (Wildman–Crippen MR) is 138 cm³/mol. The largest absolute Gasteiger partial charge is 0.505 e. The molecule has 0 bridgehead atoms. The third-order valence-corrected chi connectivity index (χ3v) is 11.2. The summed E-state index contributed by atoms with van der Waals surface area (Å²) in [5, 5.41) is 43.7. The van der Waals surface area contributed by atoms with Gasteiger partial charge in [-0.3, -0.25) is 14.4 Å². The lowest BCUT2D eigenvalue weighted by molar-refractivity contribution is -0.181. The van der Waals surface area contributed by atoms with E-state index in [1.54, 1.807) is 27.7 Å². The first kappa shape index (κ1) is 28.2. The van der Waals surface area contributed by atoms with Crippen LogP contribution in [0.1, 0.15) is 87.5 Å². The summed E-state index contributed by atoms with van der Waals surface area (Å²) in [6.45, 7) is 14.1. The maximum absolute atomic E-state index is 14.2. The van der Waals surface area contributed by atoms with Gasteiger partial charge in [0.25, 0.3) is 0 Å². The molecule has 206 valence electrons. The molecule has 0 aliphatic heterocycles. The molecule has 7 heteroatoms. The van der Waals surface area contributed by atoms with E-state index in [1.165, 1.54) is 13.0 Å². The van der Waals surface area contributed by atoms with Gasteiger partial charge in [0.1, 0.15) is 11.4 Å². The molecule has 8 atom stereocenters. The van der Waals surface area contributed by atoms with Gasteiger partial charge >= 0.3 is 0 Å². The van der Waals surface area contributed by atoms with E-state index in [2.05, 4.69) is 6.92 Å². The number of hydrogen-bond acceptors (Lipinski definition) is 7. The van der Waals surface area contributed by atoms with Crippen LogP contribution in [-0.4, -0.2) is 55.1 Å². The summed E-state index contributed by atoms with van der Waals surface area (Å²) in [6.07, 6.45) is 3.64. The summed E-state index contributed by atoms with van der Waals surface area (Å²) in [4.78, 5) is 40.2. The van der Waals surface area contributed by atoms with Crippen LogP contribution in [-0.2, 0) is 14.4 Å². The Kier molecular flexibility index (Phi) is 6.16. The van der Waals surface area contributed by atoms with E-state index in [4.69, 9.17) is 0 Å². The molecule has 0 spiro atoms. The summed E-state index contributed by atoms with van der Waals surface area (Å²) in [5.74, 6) is -2.69. The fraction of sp³-hybridized carbons (Fsp3) is 0.767. The molecule has 0 heterocycles. The minimum absolute atomic E-state index is 0.0387. The van der Waals surface area contributed by atoms with E-state index in [0.29, 0.717) is 12.8 Å². The Bertz CT molecular complexity index is 1110. The SMILES string of the molecule is CC(C)(O)CCC(=O)[C@](C)(O)[C@H]1[C@H](O)C[C@@]2(C)[C@@H]3CC=C4[C@H](C=C(O)C(=O)C4(C)C)[C@]3(C)C(=O)C[C@]12C. The van der Waals surface area contributed by atoms with Crippen molar-refractivity contribution in [2.24, 2.45) is 39.4 Å². The van der Waals surface area contributed by atoms with Crippen molar-refractivity contribution in [1.82, 2.24) is 0 Å². The van der Waals surface area contributed by atoms with Gasteiger partial charge < -0.3 is 20.4 Å². The first-order chi connectivity index (χ1) is 16.7. The maximum atomic E-state index is 14.2. The van der Waals surface area contributed by atoms with E-state index in [-0.39, 0.29) is 42.5 Å². The second kappa shape index (κ2) is 8.09. The highest BCUT2D eigenvalue weighted by atomic mass is 16.3. The number of allylic oxidation sites excluding steroid dienone is 4. The highest BCUT2D eigenvalue weighted by molar-refractivity contribution is 6.02. The summed E-state index contributed by atoms with van der Waals surface area (Å²) < 4.78 is 0. The summed E-state index contributed by atoms with van der Waals surface area (Å²) in [7, 11) is 0. The summed E-state index contributed by atoms with van der Waals surface area (Å²) in [5.41, 5.74) is -5.39. The number of carbonyl (C=O) groups is 3. The van der Waals surface area contributed by atoms with Crippen LogP contribution >= 0.6 is 0 Å². The van der Waals surface area contributed by atoms with Crippen LogP contribution in [0.5, 0.6) is 0 Å². The molecule has 2 fully saturated rings. The van der Waals surface area contributed by atoms with Crippen molar-refractivity contribution in [2.75, 3.05) is 0 Å². The Morgan fingerprint density at radius 1 is 1.05 bits per heavy atom. The zero-order valence-corrected chi connectivity index (χ0v) is 23.5. The molecule has 4 aliphatic carbocycles. The third-order valence-electron chi connectivity index (χ3n) is 11.2. The van der Waals surface area contributed by atoms with Gasteiger partial charge in [-0.05, 0) is 76.7 Å². The molecular formula is C30H44O7. The minimum atomic E-state index is -1.88. The molecule has 0 aromatic rings. The maximum Gasteiger partial charge on any atom is 0.206 e. The number of aliphatic hydroxyl groups excluding tert-OH is 2. The molecule has 0 aromatic carbocycles. The van der Waals surface area contributed by atoms with Gasteiger partial charge in [-0.15, -0.1) is 0 Å². The normalized spacial score (nSPS) is 42.7. The monoisotopic (exact) mass is 516 g/mol. The van der Waals surface area contributed by atoms with Crippen LogP contribution in [0.25, 0.3) is 0 Å². The Hall–Kier alpha value is -1.83. The van der Waals surface area contributed by atoms with Crippen molar-refractivity contribution in [3.05, 3.63) is 23.5 Å². The number of rotatable bonds is 5. The highest BCUT2D eigenvalue weighted by Crippen LogP contribution is 2.73. The van der Waals surface area contributed by atoms with E-state index < -0.39 is 56.6 Å². The average molecular weight is 517 g/mol. The Labute approximate surface area is 220 Å². The van der Waals surface area contributed by atoms with Gasteiger partial charge in [0.15, 0.2) is 11.5 Å². The van der Waals surface area contributed by atoms with Gasteiger partial charge in [-0.1, -0.05) is 32.4 Å². The smallest absolute Gasteiger partial charge is 0.206 e. The van der Waals surface area contributed by atoms with Crippen molar-refractivity contribution in [3.63, 3.8) is 0 Å². The van der Waals surface area contributed by atoms with Gasteiger partial charge in [0.2, 0.25) is 5.78 Å². The van der Waals surface area contributed by atoms with Crippen LogP contribution in [0.15, 0.2) is 23.5 Å². The molecule has 4 N–H and O–H groups in total. The van der Waals surface area contributed by atoms with Crippen molar-refractivity contribution < 1.29 is 34.8 Å². The standard InChI is InChI=1S/C30H44O7/c1-25(2,36)12-11-21(33)30(8,37)23-19(32)14-27(5)20-10-9-16-17(13-18(31)24(35)26(16,3)4)29(20,7)22(34)15-28(23,27)6/h9,13,17,19-20,23,31-32,36-37H,10-12,14-15H2,1-8H3/t17-,19+,20-,23-,27-,28+,29-,30-/m0/s1. The number of ketones is 3. The molecular weight excluding hydrogens is 472 g/mol. The molecule has 0 amide bonds. The lowest BCUT2D eigenvalue weighted by Crippen LogP contribution is -2.64. The second-order valence-electron chi connectivity index (χ2n) is 14.3. The van der Waals surface area contributed by atoms with E-state index >= 15 is 0 Å². The number of fused-ring (bicyclic) bond motifs is 5. The van der Waals surface area contributed by atoms with Gasteiger partial charge in [0, 0.05) is 30.1 Å². The van der Waals surface area contributed by atoms with E-state index in [1.807, 2.05) is 19.9 Å². The topological polar surface area (TPSA) is 132 Å². The van der Waals surface area contributed by atoms with Crippen LogP contribution in [0.4, 0.5) is 0 Å². The quantitative estimate of drug-likeness (QED) is 0.408. The zero-order valence-electron chi connectivity index (χ0n) is 23.5. The molecule has 0 saturated heterocycles. The Morgan fingerprint density at radius 3 is 2.22 bits per heavy atom. The van der Waals surface area contributed by atoms with Crippen molar-refractivity contribution >= 4 is 17.3 Å². The van der Waals surface area contributed by atoms with E-state index in [0.717, 1.165) is 5.57 Å². The van der Waals surface area contributed by atoms with Crippen LogP contribution in [0.3, 0.4) is 0 Å². The molecule has 7 nitrogen and oxygen atoms in total. The molecule has 37 heavy (non-hydrogen) atoms. The molecule has 0 aromatic heterocycles. The molecule has 0 radical (unpaired) electrons. The third kappa shape index (κ3) is 3.67. The lowest BCUT2D eigenvalue weighted by Gasteiger charge is -2.63. The molecule has 4 rings (SSSR count). The van der Waals surface area contributed by atoms with Crippen LogP contribution < -0.4 is 0 Å². The minimum Gasteiger partial charge on any atom is -0.505 e. The van der Waals surface area contributed by atoms with Crippen LogP contribution in [0.2, 0.25) is 0 Å². The van der Waals surface area contributed by atoms with Gasteiger partial charge in [0.05, 0.1) is 17.1 Å². The zero-order chi connectivity index (χ0) is 28.1.